The molecule has 0 spiro atoms. The van der Waals surface area contributed by atoms with Crippen LogP contribution < -0.4 is 0 Å². The number of benzene rings is 1. The van der Waals surface area contributed by atoms with Crippen LogP contribution in [0.3, 0.4) is 0 Å². The fourth-order valence-corrected chi connectivity index (χ4v) is 5.13. The van der Waals surface area contributed by atoms with E-state index in [-0.39, 0.29) is 23.6 Å². The number of hydrogen-bond acceptors (Lipinski definition) is 7. The second kappa shape index (κ2) is 7.78. The molecule has 0 bridgehead atoms. The summed E-state index contributed by atoms with van der Waals surface area (Å²) < 4.78 is 20.7. The Bertz CT molecular complexity index is 1230. The van der Waals surface area contributed by atoms with E-state index in [2.05, 4.69) is 15.0 Å². The van der Waals surface area contributed by atoms with Gasteiger partial charge in [0.25, 0.3) is 5.91 Å². The number of aromatic hydroxyl groups is 1. The summed E-state index contributed by atoms with van der Waals surface area (Å²) in [5.41, 5.74) is 0.724. The van der Waals surface area contributed by atoms with E-state index in [0.29, 0.717) is 47.6 Å². The van der Waals surface area contributed by atoms with Crippen LogP contribution in [0.25, 0.3) is 4.96 Å². The van der Waals surface area contributed by atoms with Crippen LogP contribution in [0.2, 0.25) is 0 Å². The minimum Gasteiger partial charge on any atom is -0.492 e. The van der Waals surface area contributed by atoms with Gasteiger partial charge in [0.2, 0.25) is 10.8 Å². The fourth-order valence-electron chi connectivity index (χ4n) is 3.97. The SMILES string of the molecule is Cc1nc2sc([C@H](c3cccc(F)c3)N3CCN(C(=O)c4ccco4)CC3)c(O)n2n1. The lowest BCUT2D eigenvalue weighted by Gasteiger charge is -2.38. The minimum absolute atomic E-state index is 0.00366. The van der Waals surface area contributed by atoms with Crippen molar-refractivity contribution in [1.29, 1.82) is 0 Å². The molecule has 1 fully saturated rings. The van der Waals surface area contributed by atoms with E-state index < -0.39 is 0 Å². The first-order chi connectivity index (χ1) is 15.0. The van der Waals surface area contributed by atoms with Crippen molar-refractivity contribution in [3.8, 4) is 5.88 Å². The molecule has 1 aromatic carbocycles. The average Bonchev–Trinajstić information content (AvgIpc) is 3.48. The minimum atomic E-state index is -0.384. The van der Waals surface area contributed by atoms with E-state index in [9.17, 15) is 14.3 Å². The number of halogens is 1. The van der Waals surface area contributed by atoms with Gasteiger partial charge in [0.1, 0.15) is 11.6 Å². The van der Waals surface area contributed by atoms with Gasteiger partial charge < -0.3 is 14.4 Å². The number of hydrogen-bond donors (Lipinski definition) is 1. The number of rotatable bonds is 4. The number of carbonyl (C=O) groups is 1. The zero-order valence-corrected chi connectivity index (χ0v) is 17.5. The highest BCUT2D eigenvalue weighted by molar-refractivity contribution is 7.17. The van der Waals surface area contributed by atoms with Gasteiger partial charge in [-0.25, -0.2) is 9.37 Å². The van der Waals surface area contributed by atoms with Crippen LogP contribution >= 0.6 is 11.3 Å². The number of amides is 1. The maximum atomic E-state index is 14.1. The summed E-state index contributed by atoms with van der Waals surface area (Å²) in [4.78, 5) is 22.1. The summed E-state index contributed by atoms with van der Waals surface area (Å²) in [5.74, 6) is 0.395. The van der Waals surface area contributed by atoms with Crippen molar-refractivity contribution in [2.24, 2.45) is 0 Å². The van der Waals surface area contributed by atoms with Gasteiger partial charge in [-0.2, -0.15) is 4.52 Å². The van der Waals surface area contributed by atoms with E-state index in [0.717, 1.165) is 5.56 Å². The smallest absolute Gasteiger partial charge is 0.289 e. The molecule has 1 N–H and O–H groups in total. The fraction of sp³-hybridized carbons (Fsp3) is 0.286. The van der Waals surface area contributed by atoms with E-state index in [1.807, 2.05) is 6.07 Å². The topological polar surface area (TPSA) is 87.1 Å². The van der Waals surface area contributed by atoms with Crippen LogP contribution in [0.4, 0.5) is 4.39 Å². The number of nitrogens with zero attached hydrogens (tertiary/aromatic N) is 5. The summed E-state index contributed by atoms with van der Waals surface area (Å²) in [5, 5.41) is 15.1. The lowest BCUT2D eigenvalue weighted by Crippen LogP contribution is -2.49. The molecule has 1 saturated heterocycles. The van der Waals surface area contributed by atoms with E-state index in [4.69, 9.17) is 4.42 Å². The Morgan fingerprint density at radius 2 is 2.03 bits per heavy atom. The second-order valence-electron chi connectivity index (χ2n) is 7.41. The first kappa shape index (κ1) is 19.7. The molecule has 4 aromatic rings. The third-order valence-corrected chi connectivity index (χ3v) is 6.49. The molecule has 3 aromatic heterocycles. The Balaban J connectivity index is 1.46. The number of piperazine rings is 1. The molecule has 8 nitrogen and oxygen atoms in total. The normalized spacial score (nSPS) is 16.1. The Hall–Kier alpha value is -3.24. The quantitative estimate of drug-likeness (QED) is 0.524. The van der Waals surface area contributed by atoms with Gasteiger partial charge in [0.05, 0.1) is 17.2 Å². The molecule has 0 radical (unpaired) electrons. The van der Waals surface area contributed by atoms with Gasteiger partial charge in [-0.15, -0.1) is 5.10 Å². The number of furan rings is 1. The average molecular weight is 441 g/mol. The molecule has 1 atom stereocenters. The van der Waals surface area contributed by atoms with Crippen molar-refractivity contribution >= 4 is 22.2 Å². The van der Waals surface area contributed by atoms with Crippen molar-refractivity contribution in [2.45, 2.75) is 13.0 Å². The number of aryl methyl sites for hydroxylation is 1. The van der Waals surface area contributed by atoms with Crippen LogP contribution in [0.5, 0.6) is 5.88 Å². The zero-order valence-electron chi connectivity index (χ0n) is 16.7. The van der Waals surface area contributed by atoms with Gasteiger partial charge >= 0.3 is 0 Å². The monoisotopic (exact) mass is 441 g/mol. The van der Waals surface area contributed by atoms with Crippen molar-refractivity contribution in [3.05, 3.63) is 70.5 Å². The molecule has 10 heteroatoms. The van der Waals surface area contributed by atoms with E-state index in [1.165, 1.54) is 34.2 Å². The summed E-state index contributed by atoms with van der Waals surface area (Å²) in [6.45, 7) is 3.86. The standard InChI is InChI=1S/C21H20FN5O3S/c1-13-23-21-27(24-13)20(29)18(31-21)17(14-4-2-5-15(22)12-14)25-7-9-26(10-8-25)19(28)16-6-3-11-30-16/h2-6,11-12,17,29H,7-10H2,1H3/t17-/m0/s1. The largest absolute Gasteiger partial charge is 0.492 e. The van der Waals surface area contributed by atoms with Crippen LogP contribution in [0, 0.1) is 12.7 Å². The molecule has 0 saturated carbocycles. The first-order valence-electron chi connectivity index (χ1n) is 9.88. The lowest BCUT2D eigenvalue weighted by atomic mass is 10.0. The number of fused-ring (bicyclic) bond motifs is 1. The molecule has 4 heterocycles. The second-order valence-corrected chi connectivity index (χ2v) is 8.42. The molecule has 1 aliphatic heterocycles. The van der Waals surface area contributed by atoms with Crippen LogP contribution in [0.1, 0.15) is 32.9 Å². The predicted molar refractivity (Wildman–Crippen MR) is 112 cm³/mol. The molecule has 1 aliphatic rings. The van der Waals surface area contributed by atoms with Crippen LogP contribution in [-0.4, -0.2) is 61.6 Å². The Labute approximate surface area is 181 Å². The third kappa shape index (κ3) is 3.57. The van der Waals surface area contributed by atoms with Crippen molar-refractivity contribution in [2.75, 3.05) is 26.2 Å². The highest BCUT2D eigenvalue weighted by Gasteiger charge is 2.33. The zero-order chi connectivity index (χ0) is 21.5. The van der Waals surface area contributed by atoms with Crippen molar-refractivity contribution in [1.82, 2.24) is 24.4 Å². The van der Waals surface area contributed by atoms with Gasteiger partial charge in [-0.05, 0) is 36.8 Å². The highest BCUT2D eigenvalue weighted by atomic mass is 32.1. The lowest BCUT2D eigenvalue weighted by molar-refractivity contribution is 0.0567. The third-order valence-electron chi connectivity index (χ3n) is 5.42. The van der Waals surface area contributed by atoms with Crippen molar-refractivity contribution < 1.29 is 18.7 Å². The molecule has 160 valence electrons. The van der Waals surface area contributed by atoms with Crippen LogP contribution in [-0.2, 0) is 0 Å². The number of carbonyl (C=O) groups excluding carboxylic acids is 1. The molecule has 0 aliphatic carbocycles. The van der Waals surface area contributed by atoms with Crippen molar-refractivity contribution in [3.63, 3.8) is 0 Å². The number of aromatic nitrogens is 3. The van der Waals surface area contributed by atoms with Gasteiger partial charge in [-0.3, -0.25) is 9.69 Å². The maximum Gasteiger partial charge on any atom is 0.289 e. The van der Waals surface area contributed by atoms with E-state index >= 15 is 0 Å². The molecular weight excluding hydrogens is 421 g/mol. The summed E-state index contributed by atoms with van der Waals surface area (Å²) >= 11 is 1.33. The molecule has 31 heavy (non-hydrogen) atoms. The maximum absolute atomic E-state index is 14.1. The Kier molecular flexibility index (Phi) is 4.95. The highest BCUT2D eigenvalue weighted by Crippen LogP contribution is 2.40. The van der Waals surface area contributed by atoms with Crippen LogP contribution in [0.15, 0.2) is 47.1 Å². The molecular formula is C21H20FN5O3S. The van der Waals surface area contributed by atoms with Gasteiger partial charge in [0, 0.05) is 26.2 Å². The summed E-state index contributed by atoms with van der Waals surface area (Å²) in [7, 11) is 0. The molecule has 5 rings (SSSR count). The van der Waals surface area contributed by atoms with Gasteiger partial charge in [-0.1, -0.05) is 23.5 Å². The molecule has 1 amide bonds. The van der Waals surface area contributed by atoms with Gasteiger partial charge in [0.15, 0.2) is 5.76 Å². The summed E-state index contributed by atoms with van der Waals surface area (Å²) in [6.07, 6.45) is 1.48. The Morgan fingerprint density at radius 3 is 2.71 bits per heavy atom. The first-order valence-corrected chi connectivity index (χ1v) is 10.7. The predicted octanol–water partition coefficient (Wildman–Crippen LogP) is 3.08. The summed E-state index contributed by atoms with van der Waals surface area (Å²) in [6, 6.07) is 9.33. The molecule has 0 unspecified atom stereocenters. The number of thiazole rings is 1. The Morgan fingerprint density at radius 1 is 1.23 bits per heavy atom. The van der Waals surface area contributed by atoms with E-state index in [1.54, 1.807) is 30.0 Å².